The van der Waals surface area contributed by atoms with Crippen LogP contribution in [0.25, 0.3) is 0 Å². The second-order valence-corrected chi connectivity index (χ2v) is 9.67. The zero-order valence-electron chi connectivity index (χ0n) is 21.4. The highest BCUT2D eigenvalue weighted by Crippen LogP contribution is 2.29. The van der Waals surface area contributed by atoms with Crippen molar-refractivity contribution in [2.45, 2.75) is 32.2 Å². The topological polar surface area (TPSA) is 71.1 Å². The number of ether oxygens (including phenoxy) is 2. The minimum atomic E-state index is -0.744. The summed E-state index contributed by atoms with van der Waals surface area (Å²) in [6.07, 6.45) is 1.50. The Hall–Kier alpha value is -3.62. The lowest BCUT2D eigenvalue weighted by Crippen LogP contribution is -2.39. The third-order valence-corrected chi connectivity index (χ3v) is 6.83. The van der Waals surface area contributed by atoms with Crippen LogP contribution < -0.4 is 19.7 Å². The number of hydrogen-bond acceptors (Lipinski definition) is 5. The van der Waals surface area contributed by atoms with Crippen LogP contribution in [0.2, 0.25) is 5.02 Å². The summed E-state index contributed by atoms with van der Waals surface area (Å²) in [5.74, 6) is 0.969. The quantitative estimate of drug-likeness (QED) is 0.308. The van der Waals surface area contributed by atoms with Gasteiger partial charge in [-0.05, 0) is 85.2 Å². The Balaban J connectivity index is 1.50. The van der Waals surface area contributed by atoms with Gasteiger partial charge in [-0.1, -0.05) is 36.7 Å². The van der Waals surface area contributed by atoms with E-state index in [1.807, 2.05) is 48.2 Å². The molecule has 1 aliphatic rings. The Morgan fingerprint density at radius 1 is 1.05 bits per heavy atom. The number of halogens is 1. The van der Waals surface area contributed by atoms with Crippen molar-refractivity contribution in [3.05, 3.63) is 83.4 Å². The largest absolute Gasteiger partial charge is 0.497 e. The maximum absolute atomic E-state index is 13.6. The van der Waals surface area contributed by atoms with Crippen LogP contribution in [0.1, 0.15) is 25.3 Å². The SMILES string of the molecule is CCCOc1ccc(NC(=O)CC2C(=O)N(c3cccc(Cl)c3)C(=S)N2CCc2ccc(OC)cc2)cc1. The number of carbonyl (C=O) groups excluding carboxylic acids is 2. The van der Waals surface area contributed by atoms with E-state index in [0.29, 0.717) is 41.1 Å². The Morgan fingerprint density at radius 2 is 1.76 bits per heavy atom. The molecule has 1 heterocycles. The van der Waals surface area contributed by atoms with Gasteiger partial charge in [0, 0.05) is 17.3 Å². The van der Waals surface area contributed by atoms with Crippen molar-refractivity contribution in [3.63, 3.8) is 0 Å². The molecule has 0 bridgehead atoms. The predicted molar refractivity (Wildman–Crippen MR) is 154 cm³/mol. The van der Waals surface area contributed by atoms with Crippen molar-refractivity contribution in [1.82, 2.24) is 4.90 Å². The number of nitrogens with zero attached hydrogens (tertiary/aromatic N) is 2. The van der Waals surface area contributed by atoms with Crippen LogP contribution in [0.5, 0.6) is 11.5 Å². The van der Waals surface area contributed by atoms with Crippen LogP contribution in [-0.4, -0.2) is 48.1 Å². The van der Waals surface area contributed by atoms with Gasteiger partial charge in [0.05, 0.1) is 25.8 Å². The fraction of sp³-hybridized carbons (Fsp3) is 0.276. The number of rotatable bonds is 11. The van der Waals surface area contributed by atoms with E-state index in [-0.39, 0.29) is 18.2 Å². The highest BCUT2D eigenvalue weighted by molar-refractivity contribution is 7.80. The Kier molecular flexibility index (Phi) is 9.20. The summed E-state index contributed by atoms with van der Waals surface area (Å²) in [5.41, 5.74) is 2.27. The molecule has 1 fully saturated rings. The van der Waals surface area contributed by atoms with Gasteiger partial charge in [-0.3, -0.25) is 14.5 Å². The normalized spacial score (nSPS) is 15.1. The van der Waals surface area contributed by atoms with Crippen LogP contribution in [0.15, 0.2) is 72.8 Å². The molecule has 9 heteroatoms. The van der Waals surface area contributed by atoms with E-state index in [2.05, 4.69) is 5.32 Å². The van der Waals surface area contributed by atoms with Gasteiger partial charge < -0.3 is 19.7 Å². The molecule has 0 saturated carbocycles. The second-order valence-electron chi connectivity index (χ2n) is 8.87. The minimum Gasteiger partial charge on any atom is -0.497 e. The summed E-state index contributed by atoms with van der Waals surface area (Å²) in [7, 11) is 1.62. The molecule has 0 aliphatic carbocycles. The molecule has 3 aromatic carbocycles. The number of benzene rings is 3. The lowest BCUT2D eigenvalue weighted by atomic mass is 10.1. The van der Waals surface area contributed by atoms with Gasteiger partial charge in [0.2, 0.25) is 5.91 Å². The molecular weight excluding hydrogens is 522 g/mol. The number of amides is 2. The average Bonchev–Trinajstić information content (AvgIpc) is 3.15. The molecule has 3 aromatic rings. The minimum absolute atomic E-state index is 0.0489. The molecule has 1 N–H and O–H groups in total. The van der Waals surface area contributed by atoms with Crippen molar-refractivity contribution < 1.29 is 19.1 Å². The molecule has 38 heavy (non-hydrogen) atoms. The van der Waals surface area contributed by atoms with E-state index in [9.17, 15) is 9.59 Å². The zero-order chi connectivity index (χ0) is 27.1. The van der Waals surface area contributed by atoms with Gasteiger partial charge in [-0.25, -0.2) is 0 Å². The van der Waals surface area contributed by atoms with E-state index in [1.165, 1.54) is 4.90 Å². The summed E-state index contributed by atoms with van der Waals surface area (Å²) >= 11 is 11.9. The van der Waals surface area contributed by atoms with Crippen LogP contribution in [0.4, 0.5) is 11.4 Å². The summed E-state index contributed by atoms with van der Waals surface area (Å²) in [6, 6.07) is 21.2. The predicted octanol–water partition coefficient (Wildman–Crippen LogP) is 5.71. The van der Waals surface area contributed by atoms with E-state index in [1.54, 1.807) is 43.5 Å². The molecule has 1 saturated heterocycles. The first kappa shape index (κ1) is 27.4. The number of methoxy groups -OCH3 is 1. The van der Waals surface area contributed by atoms with Crippen molar-refractivity contribution >= 4 is 52.1 Å². The van der Waals surface area contributed by atoms with Gasteiger partial charge in [0.1, 0.15) is 17.5 Å². The Bertz CT molecular complexity index is 1280. The lowest BCUT2D eigenvalue weighted by Gasteiger charge is -2.24. The van der Waals surface area contributed by atoms with Gasteiger partial charge in [-0.2, -0.15) is 0 Å². The first-order valence-electron chi connectivity index (χ1n) is 12.5. The van der Waals surface area contributed by atoms with E-state index in [0.717, 1.165) is 23.5 Å². The molecule has 4 rings (SSSR count). The standard InChI is InChI=1S/C29H30ClN3O4S/c1-3-17-37-25-13-9-22(10-14-25)31-27(34)19-26-28(35)33(23-6-4-5-21(30)18-23)29(38)32(26)16-15-20-7-11-24(36-2)12-8-20/h4-14,18,26H,3,15-17,19H2,1-2H3,(H,31,34). The first-order chi connectivity index (χ1) is 18.4. The molecule has 1 atom stereocenters. The average molecular weight is 552 g/mol. The highest BCUT2D eigenvalue weighted by Gasteiger charge is 2.44. The van der Waals surface area contributed by atoms with E-state index in [4.69, 9.17) is 33.3 Å². The number of anilines is 2. The van der Waals surface area contributed by atoms with Gasteiger partial charge in [0.25, 0.3) is 5.91 Å². The van der Waals surface area contributed by atoms with E-state index >= 15 is 0 Å². The highest BCUT2D eigenvalue weighted by atomic mass is 35.5. The number of carbonyl (C=O) groups is 2. The Morgan fingerprint density at radius 3 is 2.42 bits per heavy atom. The summed E-state index contributed by atoms with van der Waals surface area (Å²) in [4.78, 5) is 29.9. The summed E-state index contributed by atoms with van der Waals surface area (Å²) < 4.78 is 10.8. The fourth-order valence-electron chi connectivity index (χ4n) is 4.22. The summed E-state index contributed by atoms with van der Waals surface area (Å²) in [5, 5.41) is 3.73. The molecule has 0 radical (unpaired) electrons. The molecule has 1 unspecified atom stereocenters. The zero-order valence-corrected chi connectivity index (χ0v) is 22.9. The number of hydrogen-bond donors (Lipinski definition) is 1. The summed E-state index contributed by atoms with van der Waals surface area (Å²) in [6.45, 7) is 3.14. The van der Waals surface area contributed by atoms with Crippen LogP contribution >= 0.6 is 23.8 Å². The Labute approximate surface area is 233 Å². The van der Waals surface area contributed by atoms with Gasteiger partial charge in [-0.15, -0.1) is 0 Å². The van der Waals surface area contributed by atoms with E-state index < -0.39 is 6.04 Å². The van der Waals surface area contributed by atoms with Gasteiger partial charge in [0.15, 0.2) is 5.11 Å². The number of nitrogens with one attached hydrogen (secondary N) is 1. The monoisotopic (exact) mass is 551 g/mol. The van der Waals surface area contributed by atoms with Crippen LogP contribution in [-0.2, 0) is 16.0 Å². The van der Waals surface area contributed by atoms with Crippen LogP contribution in [0.3, 0.4) is 0 Å². The second kappa shape index (κ2) is 12.8. The van der Waals surface area contributed by atoms with Crippen molar-refractivity contribution in [2.24, 2.45) is 0 Å². The lowest BCUT2D eigenvalue weighted by molar-refractivity contribution is -0.124. The molecule has 198 valence electrons. The molecule has 7 nitrogen and oxygen atoms in total. The fourth-order valence-corrected chi connectivity index (χ4v) is 4.82. The van der Waals surface area contributed by atoms with Crippen molar-refractivity contribution in [2.75, 3.05) is 30.5 Å². The number of thiocarbonyl (C=S) groups is 1. The van der Waals surface area contributed by atoms with Crippen molar-refractivity contribution in [1.29, 1.82) is 0 Å². The molecule has 0 spiro atoms. The first-order valence-corrected chi connectivity index (χ1v) is 13.2. The third-order valence-electron chi connectivity index (χ3n) is 6.18. The van der Waals surface area contributed by atoms with Crippen molar-refractivity contribution in [3.8, 4) is 11.5 Å². The molecule has 2 amide bonds. The molecule has 1 aliphatic heterocycles. The van der Waals surface area contributed by atoms with Crippen LogP contribution in [0, 0.1) is 0 Å². The maximum atomic E-state index is 13.6. The smallest absolute Gasteiger partial charge is 0.256 e. The molecular formula is C29H30ClN3O4S. The van der Waals surface area contributed by atoms with Gasteiger partial charge >= 0.3 is 0 Å². The maximum Gasteiger partial charge on any atom is 0.256 e. The third kappa shape index (κ3) is 6.62. The molecule has 0 aromatic heterocycles.